The summed E-state index contributed by atoms with van der Waals surface area (Å²) in [5, 5.41) is 6.18. The second-order valence-electron chi connectivity index (χ2n) is 11.2. The Balaban J connectivity index is 1.30. The van der Waals surface area contributed by atoms with Crippen molar-refractivity contribution in [2.45, 2.75) is 69.4 Å². The van der Waals surface area contributed by atoms with Crippen LogP contribution in [0.5, 0.6) is 5.75 Å². The highest BCUT2D eigenvalue weighted by Gasteiger charge is 2.72. The first-order chi connectivity index (χ1) is 18.9. The molecule has 3 fully saturated rings. The number of benzene rings is 2. The van der Waals surface area contributed by atoms with E-state index in [0.717, 1.165) is 36.8 Å². The summed E-state index contributed by atoms with van der Waals surface area (Å²) in [4.78, 5) is 43.3. The van der Waals surface area contributed by atoms with Gasteiger partial charge < -0.3 is 25.0 Å². The van der Waals surface area contributed by atoms with Crippen LogP contribution in [0, 0.1) is 18.8 Å². The minimum Gasteiger partial charge on any atom is -0.497 e. The van der Waals surface area contributed by atoms with Gasteiger partial charge in [-0.1, -0.05) is 61.2 Å². The number of rotatable bonds is 7. The lowest BCUT2D eigenvalue weighted by Gasteiger charge is -2.34. The second kappa shape index (κ2) is 10.2. The summed E-state index contributed by atoms with van der Waals surface area (Å²) in [7, 11) is 1.58. The molecule has 2 aromatic rings. The normalized spacial score (nSPS) is 29.4. The molecule has 2 saturated heterocycles. The van der Waals surface area contributed by atoms with E-state index in [1.165, 1.54) is 6.42 Å². The number of hydrogen-bond acceptors (Lipinski definition) is 5. The number of fused-ring (bicyclic) bond motifs is 1. The molecule has 0 aromatic heterocycles. The molecule has 204 valence electrons. The van der Waals surface area contributed by atoms with E-state index in [-0.39, 0.29) is 30.3 Å². The van der Waals surface area contributed by atoms with E-state index in [9.17, 15) is 14.4 Å². The van der Waals surface area contributed by atoms with Crippen LogP contribution in [0.25, 0.3) is 0 Å². The molecule has 3 amide bonds. The van der Waals surface area contributed by atoms with Crippen LogP contribution in [-0.4, -0.2) is 53.5 Å². The van der Waals surface area contributed by atoms with Gasteiger partial charge >= 0.3 is 0 Å². The highest BCUT2D eigenvalue weighted by molar-refractivity contribution is 6.02. The number of aryl methyl sites for hydroxylation is 1. The van der Waals surface area contributed by atoms with Gasteiger partial charge in [0.05, 0.1) is 25.0 Å². The standard InChI is InChI=1S/C31H35N3O5/c1-19-8-10-20(11-9-19)18-34-27(29(36)33-21-6-4-3-5-7-21)31-17-16-24(39-31)25(26(31)30(34)37)28(35)32-22-12-14-23(38-2)15-13-22/h8-17,21,24-27H,3-7,18H2,1-2H3,(H,32,35)(H,33,36)/t24?,25?,26?,27?,31-/m0/s1. The molecule has 39 heavy (non-hydrogen) atoms. The topological polar surface area (TPSA) is 97.0 Å². The molecule has 6 rings (SSSR count). The van der Waals surface area contributed by atoms with Gasteiger partial charge in [0.2, 0.25) is 17.7 Å². The maximum absolute atomic E-state index is 14.1. The molecule has 1 aliphatic carbocycles. The van der Waals surface area contributed by atoms with E-state index in [0.29, 0.717) is 11.4 Å². The Bertz CT molecular complexity index is 1280. The SMILES string of the molecule is COc1ccc(NC(=O)C2C3C=C[C@]4(O3)C2C(=O)N(Cc2ccc(C)cc2)C4C(=O)NC2CCCCC2)cc1. The smallest absolute Gasteiger partial charge is 0.246 e. The lowest BCUT2D eigenvalue weighted by Crippen LogP contribution is -2.56. The van der Waals surface area contributed by atoms with Crippen molar-refractivity contribution in [3.05, 3.63) is 71.8 Å². The van der Waals surface area contributed by atoms with Crippen molar-refractivity contribution in [2.24, 2.45) is 11.8 Å². The number of likely N-dealkylation sites (tertiary alicyclic amines) is 1. The van der Waals surface area contributed by atoms with E-state index in [2.05, 4.69) is 10.6 Å². The zero-order valence-corrected chi connectivity index (χ0v) is 22.4. The quantitative estimate of drug-likeness (QED) is 0.533. The number of ether oxygens (including phenoxy) is 2. The Morgan fingerprint density at radius 1 is 1.03 bits per heavy atom. The average Bonchev–Trinajstić information content (AvgIpc) is 3.58. The number of carbonyl (C=O) groups excluding carboxylic acids is 3. The van der Waals surface area contributed by atoms with Crippen molar-refractivity contribution in [3.8, 4) is 5.75 Å². The Hall–Kier alpha value is -3.65. The maximum Gasteiger partial charge on any atom is 0.246 e. The summed E-state index contributed by atoms with van der Waals surface area (Å²) >= 11 is 0. The van der Waals surface area contributed by atoms with E-state index in [1.807, 2.05) is 43.3 Å². The number of anilines is 1. The number of methoxy groups -OCH3 is 1. The third kappa shape index (κ3) is 4.50. The zero-order valence-electron chi connectivity index (χ0n) is 22.4. The van der Waals surface area contributed by atoms with Crippen LogP contribution in [0.2, 0.25) is 0 Å². The number of nitrogens with one attached hydrogen (secondary N) is 2. The molecule has 2 N–H and O–H groups in total. The fourth-order valence-corrected chi connectivity index (χ4v) is 6.75. The predicted molar refractivity (Wildman–Crippen MR) is 146 cm³/mol. The van der Waals surface area contributed by atoms with Gasteiger partial charge in [-0.3, -0.25) is 14.4 Å². The number of amides is 3. The minimum absolute atomic E-state index is 0.0924. The monoisotopic (exact) mass is 529 g/mol. The van der Waals surface area contributed by atoms with E-state index >= 15 is 0 Å². The summed E-state index contributed by atoms with van der Waals surface area (Å²) in [6.45, 7) is 2.28. The largest absolute Gasteiger partial charge is 0.497 e. The van der Waals surface area contributed by atoms with Crippen LogP contribution < -0.4 is 15.4 Å². The lowest BCUT2D eigenvalue weighted by molar-refractivity contribution is -0.142. The Kier molecular flexibility index (Phi) is 6.67. The maximum atomic E-state index is 14.1. The number of hydrogen-bond donors (Lipinski definition) is 2. The third-order valence-corrected chi connectivity index (χ3v) is 8.71. The van der Waals surface area contributed by atoms with E-state index in [1.54, 1.807) is 36.3 Å². The van der Waals surface area contributed by atoms with Crippen LogP contribution in [0.15, 0.2) is 60.7 Å². The molecule has 3 heterocycles. The van der Waals surface area contributed by atoms with Crippen LogP contribution in [0.1, 0.15) is 43.2 Å². The van der Waals surface area contributed by atoms with E-state index in [4.69, 9.17) is 9.47 Å². The van der Waals surface area contributed by atoms with Crippen LogP contribution in [-0.2, 0) is 25.7 Å². The summed E-state index contributed by atoms with van der Waals surface area (Å²) in [5.74, 6) is -1.55. The van der Waals surface area contributed by atoms with Crippen molar-refractivity contribution in [1.29, 1.82) is 0 Å². The molecule has 1 spiro atoms. The first kappa shape index (κ1) is 25.6. The molecule has 4 aliphatic rings. The van der Waals surface area contributed by atoms with Gasteiger partial charge in [0.1, 0.15) is 17.4 Å². The second-order valence-corrected chi connectivity index (χ2v) is 11.2. The molecule has 0 radical (unpaired) electrons. The van der Waals surface area contributed by atoms with Crippen molar-refractivity contribution in [1.82, 2.24) is 10.2 Å². The molecule has 4 unspecified atom stereocenters. The lowest BCUT2D eigenvalue weighted by atomic mass is 9.74. The van der Waals surface area contributed by atoms with Crippen molar-refractivity contribution < 1.29 is 23.9 Å². The molecule has 8 heteroatoms. The van der Waals surface area contributed by atoms with Crippen LogP contribution >= 0.6 is 0 Å². The van der Waals surface area contributed by atoms with Crippen molar-refractivity contribution >= 4 is 23.4 Å². The van der Waals surface area contributed by atoms with Gasteiger partial charge in [-0.15, -0.1) is 0 Å². The molecule has 1 saturated carbocycles. The molecular weight excluding hydrogens is 494 g/mol. The highest BCUT2D eigenvalue weighted by Crippen LogP contribution is 2.55. The molecular formula is C31H35N3O5. The molecule has 2 bridgehead atoms. The number of carbonyl (C=O) groups is 3. The van der Waals surface area contributed by atoms with Crippen molar-refractivity contribution in [3.63, 3.8) is 0 Å². The van der Waals surface area contributed by atoms with Gasteiger partial charge in [-0.2, -0.15) is 0 Å². The van der Waals surface area contributed by atoms with Crippen molar-refractivity contribution in [2.75, 3.05) is 12.4 Å². The fourth-order valence-electron chi connectivity index (χ4n) is 6.75. The zero-order chi connectivity index (χ0) is 27.1. The van der Waals surface area contributed by atoms with Crippen LogP contribution in [0.3, 0.4) is 0 Å². The summed E-state index contributed by atoms with van der Waals surface area (Å²) in [6, 6.07) is 14.3. The van der Waals surface area contributed by atoms with Gasteiger partial charge in [0.15, 0.2) is 0 Å². The van der Waals surface area contributed by atoms with Crippen LogP contribution in [0.4, 0.5) is 5.69 Å². The van der Waals surface area contributed by atoms with Gasteiger partial charge in [0.25, 0.3) is 0 Å². The Morgan fingerprint density at radius 2 is 1.74 bits per heavy atom. The van der Waals surface area contributed by atoms with Gasteiger partial charge in [-0.25, -0.2) is 0 Å². The van der Waals surface area contributed by atoms with Gasteiger partial charge in [0, 0.05) is 18.3 Å². The van der Waals surface area contributed by atoms with Gasteiger partial charge in [-0.05, 0) is 49.6 Å². The minimum atomic E-state index is -1.17. The molecule has 3 aliphatic heterocycles. The molecule has 8 nitrogen and oxygen atoms in total. The Morgan fingerprint density at radius 3 is 2.44 bits per heavy atom. The summed E-state index contributed by atoms with van der Waals surface area (Å²) in [6.07, 6.45) is 8.36. The first-order valence-electron chi connectivity index (χ1n) is 13.9. The molecule has 2 aromatic carbocycles. The summed E-state index contributed by atoms with van der Waals surface area (Å²) in [5.41, 5.74) is 1.48. The fraction of sp³-hybridized carbons (Fsp3) is 0.452. The molecule has 5 atom stereocenters. The average molecular weight is 530 g/mol. The van der Waals surface area contributed by atoms with E-state index < -0.39 is 29.6 Å². The number of nitrogens with zero attached hydrogens (tertiary/aromatic N) is 1. The summed E-state index contributed by atoms with van der Waals surface area (Å²) < 4.78 is 11.7. The first-order valence-corrected chi connectivity index (χ1v) is 13.9. The Labute approximate surface area is 228 Å². The highest BCUT2D eigenvalue weighted by atomic mass is 16.5. The predicted octanol–water partition coefficient (Wildman–Crippen LogP) is 3.74. The third-order valence-electron chi connectivity index (χ3n) is 8.71.